The third-order valence-electron chi connectivity index (χ3n) is 1.57. The zero-order valence-electron chi connectivity index (χ0n) is 8.32. The molecule has 0 aromatic carbocycles. The Balaban J connectivity index is 2.79. The first-order chi connectivity index (χ1) is 6.09. The number of rotatable bonds is 3. The summed E-state index contributed by atoms with van der Waals surface area (Å²) >= 11 is 0. The average Bonchev–Trinajstić information content (AvgIpc) is 2.03. The lowest BCUT2D eigenvalue weighted by Gasteiger charge is -2.10. The second-order valence-electron chi connectivity index (χ2n) is 3.36. The fourth-order valence-corrected chi connectivity index (χ4v) is 0.992. The molecule has 13 heavy (non-hydrogen) atoms. The Hall–Kier alpha value is -1.09. The van der Waals surface area contributed by atoms with E-state index in [4.69, 9.17) is 10.5 Å². The minimum absolute atomic E-state index is 0.0456. The fraction of sp³-hybridized carbons (Fsp3) is 0.500. The quantitative estimate of drug-likeness (QED) is 0.772. The van der Waals surface area contributed by atoms with Crippen molar-refractivity contribution in [1.29, 1.82) is 0 Å². The highest BCUT2D eigenvalue weighted by Crippen LogP contribution is 2.13. The van der Waals surface area contributed by atoms with Crippen LogP contribution in [-0.2, 0) is 0 Å². The maximum atomic E-state index is 5.70. The molecular weight excluding hydrogens is 164 g/mol. The lowest BCUT2D eigenvalue weighted by atomic mass is 10.2. The van der Waals surface area contributed by atoms with Crippen molar-refractivity contribution in [3.05, 3.63) is 23.9 Å². The maximum absolute atomic E-state index is 5.70. The van der Waals surface area contributed by atoms with Crippen molar-refractivity contribution < 1.29 is 4.74 Å². The van der Waals surface area contributed by atoms with E-state index in [1.54, 1.807) is 0 Å². The molecule has 1 rings (SSSR count). The summed E-state index contributed by atoms with van der Waals surface area (Å²) in [4.78, 5) is 4.27. The SMILES string of the molecule is CC(C)Oc1cccc([C@H](C)N)n1. The number of aromatic nitrogens is 1. The van der Waals surface area contributed by atoms with Gasteiger partial charge in [0, 0.05) is 12.1 Å². The highest BCUT2D eigenvalue weighted by molar-refractivity contribution is 5.17. The van der Waals surface area contributed by atoms with E-state index in [0.29, 0.717) is 5.88 Å². The van der Waals surface area contributed by atoms with Crippen LogP contribution in [0.15, 0.2) is 18.2 Å². The third-order valence-corrected chi connectivity index (χ3v) is 1.57. The second-order valence-corrected chi connectivity index (χ2v) is 3.36. The zero-order chi connectivity index (χ0) is 9.84. The molecule has 3 nitrogen and oxygen atoms in total. The van der Waals surface area contributed by atoms with E-state index in [0.717, 1.165) is 5.69 Å². The van der Waals surface area contributed by atoms with Gasteiger partial charge in [-0.15, -0.1) is 0 Å². The van der Waals surface area contributed by atoms with Crippen LogP contribution in [0.3, 0.4) is 0 Å². The van der Waals surface area contributed by atoms with Gasteiger partial charge in [-0.25, -0.2) is 4.98 Å². The molecule has 1 atom stereocenters. The second kappa shape index (κ2) is 4.23. The summed E-state index contributed by atoms with van der Waals surface area (Å²) in [6.07, 6.45) is 0.149. The maximum Gasteiger partial charge on any atom is 0.213 e. The molecule has 0 bridgehead atoms. The molecule has 0 spiro atoms. The van der Waals surface area contributed by atoms with Crippen molar-refractivity contribution in [2.75, 3.05) is 0 Å². The number of nitrogens with zero attached hydrogens (tertiary/aromatic N) is 1. The predicted octanol–water partition coefficient (Wildman–Crippen LogP) is 1.89. The Morgan fingerprint density at radius 2 is 2.00 bits per heavy atom. The van der Waals surface area contributed by atoms with Crippen LogP contribution in [0.4, 0.5) is 0 Å². The third kappa shape index (κ3) is 3.03. The van der Waals surface area contributed by atoms with Gasteiger partial charge in [0.1, 0.15) is 0 Å². The van der Waals surface area contributed by atoms with Crippen molar-refractivity contribution in [2.45, 2.75) is 32.9 Å². The van der Waals surface area contributed by atoms with Gasteiger partial charge in [-0.1, -0.05) is 6.07 Å². The van der Waals surface area contributed by atoms with Crippen LogP contribution in [0, 0.1) is 0 Å². The Morgan fingerprint density at radius 1 is 1.31 bits per heavy atom. The normalized spacial score (nSPS) is 13.0. The minimum Gasteiger partial charge on any atom is -0.475 e. The number of hydrogen-bond donors (Lipinski definition) is 1. The first kappa shape index (κ1) is 9.99. The van der Waals surface area contributed by atoms with Crippen LogP contribution >= 0.6 is 0 Å². The van der Waals surface area contributed by atoms with Crippen molar-refractivity contribution >= 4 is 0 Å². The van der Waals surface area contributed by atoms with Gasteiger partial charge >= 0.3 is 0 Å². The molecule has 0 aliphatic carbocycles. The zero-order valence-corrected chi connectivity index (χ0v) is 8.32. The van der Waals surface area contributed by atoms with Crippen LogP contribution in [0.2, 0.25) is 0 Å². The molecule has 1 aromatic heterocycles. The predicted molar refractivity (Wildman–Crippen MR) is 52.6 cm³/mol. The van der Waals surface area contributed by atoms with Crippen LogP contribution in [0.1, 0.15) is 32.5 Å². The van der Waals surface area contributed by atoms with Gasteiger partial charge in [0.05, 0.1) is 11.8 Å². The molecule has 72 valence electrons. The summed E-state index contributed by atoms with van der Waals surface area (Å²) < 4.78 is 5.44. The summed E-state index contributed by atoms with van der Waals surface area (Å²) in [6.45, 7) is 5.85. The molecule has 0 amide bonds. The molecule has 0 aliphatic rings. The van der Waals surface area contributed by atoms with Gasteiger partial charge in [0.15, 0.2) is 0 Å². The van der Waals surface area contributed by atoms with E-state index in [9.17, 15) is 0 Å². The molecule has 3 heteroatoms. The summed E-state index contributed by atoms with van der Waals surface area (Å²) in [5, 5.41) is 0. The van der Waals surface area contributed by atoms with E-state index >= 15 is 0 Å². The number of hydrogen-bond acceptors (Lipinski definition) is 3. The Bertz CT molecular complexity index is 271. The molecule has 1 heterocycles. The van der Waals surface area contributed by atoms with Crippen LogP contribution in [-0.4, -0.2) is 11.1 Å². The van der Waals surface area contributed by atoms with E-state index in [1.807, 2.05) is 39.0 Å². The monoisotopic (exact) mass is 180 g/mol. The van der Waals surface area contributed by atoms with Crippen molar-refractivity contribution in [3.63, 3.8) is 0 Å². The molecule has 2 N–H and O–H groups in total. The summed E-state index contributed by atoms with van der Waals surface area (Å²) in [7, 11) is 0. The highest BCUT2D eigenvalue weighted by Gasteiger charge is 2.03. The van der Waals surface area contributed by atoms with E-state index in [2.05, 4.69) is 4.98 Å². The van der Waals surface area contributed by atoms with Gasteiger partial charge in [0.2, 0.25) is 5.88 Å². The molecule has 0 fully saturated rings. The highest BCUT2D eigenvalue weighted by atomic mass is 16.5. The van der Waals surface area contributed by atoms with Crippen LogP contribution < -0.4 is 10.5 Å². The van der Waals surface area contributed by atoms with Crippen LogP contribution in [0.25, 0.3) is 0 Å². The molecule has 1 aromatic rings. The summed E-state index contributed by atoms with van der Waals surface area (Å²) in [6, 6.07) is 5.60. The summed E-state index contributed by atoms with van der Waals surface area (Å²) in [5.74, 6) is 0.643. The van der Waals surface area contributed by atoms with E-state index < -0.39 is 0 Å². The largest absolute Gasteiger partial charge is 0.475 e. The van der Waals surface area contributed by atoms with Gasteiger partial charge < -0.3 is 10.5 Å². The van der Waals surface area contributed by atoms with Gasteiger partial charge in [-0.05, 0) is 26.8 Å². The average molecular weight is 180 g/mol. The first-order valence-corrected chi connectivity index (χ1v) is 4.49. The number of pyridine rings is 1. The molecular formula is C10H16N2O. The van der Waals surface area contributed by atoms with E-state index in [-0.39, 0.29) is 12.1 Å². The van der Waals surface area contributed by atoms with Gasteiger partial charge in [-0.2, -0.15) is 0 Å². The smallest absolute Gasteiger partial charge is 0.213 e. The molecule has 0 saturated carbocycles. The Labute approximate surface area is 78.9 Å². The van der Waals surface area contributed by atoms with Crippen molar-refractivity contribution in [1.82, 2.24) is 4.98 Å². The van der Waals surface area contributed by atoms with E-state index in [1.165, 1.54) is 0 Å². The van der Waals surface area contributed by atoms with Crippen molar-refractivity contribution in [2.24, 2.45) is 5.73 Å². The Morgan fingerprint density at radius 3 is 2.54 bits per heavy atom. The molecule has 0 radical (unpaired) electrons. The number of nitrogens with two attached hydrogens (primary N) is 1. The minimum atomic E-state index is -0.0456. The lowest BCUT2D eigenvalue weighted by Crippen LogP contribution is -2.11. The van der Waals surface area contributed by atoms with Gasteiger partial charge in [-0.3, -0.25) is 0 Å². The Kier molecular flexibility index (Phi) is 3.25. The number of ether oxygens (including phenoxy) is 1. The fourth-order valence-electron chi connectivity index (χ4n) is 0.992. The van der Waals surface area contributed by atoms with Gasteiger partial charge in [0.25, 0.3) is 0 Å². The standard InChI is InChI=1S/C10H16N2O/c1-7(2)13-10-6-4-5-9(12-10)8(3)11/h4-8H,11H2,1-3H3/t8-/m0/s1. The summed E-state index contributed by atoms with van der Waals surface area (Å²) in [5.41, 5.74) is 6.55. The molecule has 0 unspecified atom stereocenters. The van der Waals surface area contributed by atoms with Crippen LogP contribution in [0.5, 0.6) is 5.88 Å². The topological polar surface area (TPSA) is 48.1 Å². The van der Waals surface area contributed by atoms with Crippen molar-refractivity contribution in [3.8, 4) is 5.88 Å². The molecule has 0 aliphatic heterocycles. The first-order valence-electron chi connectivity index (χ1n) is 4.49. The lowest BCUT2D eigenvalue weighted by molar-refractivity contribution is 0.232. The molecule has 0 saturated heterocycles.